The van der Waals surface area contributed by atoms with Crippen LogP contribution in [0.4, 0.5) is 10.5 Å². The Labute approximate surface area is 157 Å². The van der Waals surface area contributed by atoms with E-state index in [9.17, 15) is 4.79 Å². The van der Waals surface area contributed by atoms with Crippen LogP contribution < -0.4 is 14.4 Å². The SMILES string of the molecule is O=C1OC(COc2cccc(Oc3ccccc3)c2)CN1c1ccccc1. The highest BCUT2D eigenvalue weighted by atomic mass is 16.6. The average Bonchev–Trinajstić information content (AvgIpc) is 3.09. The van der Waals surface area contributed by atoms with E-state index in [-0.39, 0.29) is 18.8 Å². The number of hydrogen-bond acceptors (Lipinski definition) is 4. The van der Waals surface area contributed by atoms with Crippen molar-refractivity contribution in [3.8, 4) is 17.2 Å². The molecule has 5 nitrogen and oxygen atoms in total. The van der Waals surface area contributed by atoms with E-state index in [1.165, 1.54) is 0 Å². The number of nitrogens with zero attached hydrogens (tertiary/aromatic N) is 1. The third kappa shape index (κ3) is 4.20. The predicted octanol–water partition coefficient (Wildman–Crippen LogP) is 4.88. The monoisotopic (exact) mass is 361 g/mol. The molecule has 0 aliphatic carbocycles. The third-order valence-electron chi connectivity index (χ3n) is 4.16. The van der Waals surface area contributed by atoms with Crippen LogP contribution in [0.5, 0.6) is 17.2 Å². The largest absolute Gasteiger partial charge is 0.490 e. The molecule has 1 unspecified atom stereocenters. The Balaban J connectivity index is 1.35. The highest BCUT2D eigenvalue weighted by molar-refractivity contribution is 5.89. The van der Waals surface area contributed by atoms with Gasteiger partial charge in [0.1, 0.15) is 23.9 Å². The van der Waals surface area contributed by atoms with Crippen molar-refractivity contribution < 1.29 is 19.0 Å². The normalized spacial score (nSPS) is 16.1. The lowest BCUT2D eigenvalue weighted by molar-refractivity contribution is 0.105. The molecule has 0 spiro atoms. The highest BCUT2D eigenvalue weighted by Gasteiger charge is 2.32. The fourth-order valence-corrected chi connectivity index (χ4v) is 2.87. The molecule has 1 aliphatic heterocycles. The summed E-state index contributed by atoms with van der Waals surface area (Å²) in [4.78, 5) is 13.7. The molecule has 1 heterocycles. The zero-order chi connectivity index (χ0) is 18.5. The molecule has 0 saturated carbocycles. The molecular formula is C22H19NO4. The van der Waals surface area contributed by atoms with E-state index in [1.54, 1.807) is 4.90 Å². The first-order valence-corrected chi connectivity index (χ1v) is 8.77. The van der Waals surface area contributed by atoms with Crippen LogP contribution in [0.1, 0.15) is 0 Å². The van der Waals surface area contributed by atoms with Crippen molar-refractivity contribution in [3.05, 3.63) is 84.9 Å². The minimum Gasteiger partial charge on any atom is -0.490 e. The van der Waals surface area contributed by atoms with Gasteiger partial charge < -0.3 is 14.2 Å². The lowest BCUT2D eigenvalue weighted by atomic mass is 10.3. The fraction of sp³-hybridized carbons (Fsp3) is 0.136. The van der Waals surface area contributed by atoms with Gasteiger partial charge in [-0.25, -0.2) is 4.79 Å². The van der Waals surface area contributed by atoms with Gasteiger partial charge in [0.2, 0.25) is 0 Å². The molecule has 5 heteroatoms. The van der Waals surface area contributed by atoms with Gasteiger partial charge in [-0.1, -0.05) is 42.5 Å². The van der Waals surface area contributed by atoms with E-state index >= 15 is 0 Å². The summed E-state index contributed by atoms with van der Waals surface area (Å²) in [6, 6.07) is 26.4. The Hall–Kier alpha value is -3.47. The number of rotatable bonds is 6. The molecule has 3 aromatic carbocycles. The summed E-state index contributed by atoms with van der Waals surface area (Å²) in [5, 5.41) is 0. The lowest BCUT2D eigenvalue weighted by Crippen LogP contribution is -2.26. The van der Waals surface area contributed by atoms with Crippen LogP contribution in [0.15, 0.2) is 84.9 Å². The van der Waals surface area contributed by atoms with Crippen LogP contribution in [0.3, 0.4) is 0 Å². The van der Waals surface area contributed by atoms with Gasteiger partial charge in [0.25, 0.3) is 0 Å². The molecule has 0 bridgehead atoms. The molecule has 1 aliphatic rings. The molecule has 0 aromatic heterocycles. The molecule has 0 radical (unpaired) electrons. The standard InChI is InChI=1S/C22H19NO4/c24-22-23(17-8-3-1-4-9-17)15-21(27-22)16-25-19-12-7-13-20(14-19)26-18-10-5-2-6-11-18/h1-14,21H,15-16H2. The van der Waals surface area contributed by atoms with Crippen molar-refractivity contribution >= 4 is 11.8 Å². The summed E-state index contributed by atoms with van der Waals surface area (Å²) in [6.07, 6.45) is -0.674. The van der Waals surface area contributed by atoms with Gasteiger partial charge in [-0.15, -0.1) is 0 Å². The predicted molar refractivity (Wildman–Crippen MR) is 103 cm³/mol. The van der Waals surface area contributed by atoms with Crippen LogP contribution in [-0.2, 0) is 4.74 Å². The maximum atomic E-state index is 12.1. The van der Waals surface area contributed by atoms with Crippen molar-refractivity contribution in [3.63, 3.8) is 0 Å². The Morgan fingerprint density at radius 1 is 0.852 bits per heavy atom. The summed E-state index contributed by atoms with van der Waals surface area (Å²) in [6.45, 7) is 0.743. The molecule has 1 atom stereocenters. The Bertz CT molecular complexity index is 898. The first-order chi connectivity index (χ1) is 13.3. The van der Waals surface area contributed by atoms with Crippen molar-refractivity contribution in [2.24, 2.45) is 0 Å². The number of anilines is 1. The van der Waals surface area contributed by atoms with Crippen molar-refractivity contribution in [2.45, 2.75) is 6.10 Å². The van der Waals surface area contributed by atoms with Gasteiger partial charge >= 0.3 is 6.09 Å². The van der Waals surface area contributed by atoms with Gasteiger partial charge in [-0.05, 0) is 36.4 Å². The van der Waals surface area contributed by atoms with E-state index in [0.29, 0.717) is 18.0 Å². The van der Waals surface area contributed by atoms with Crippen LogP contribution in [0.2, 0.25) is 0 Å². The number of amides is 1. The topological polar surface area (TPSA) is 48.0 Å². The first kappa shape index (κ1) is 17.0. The molecule has 136 valence electrons. The van der Waals surface area contributed by atoms with Crippen LogP contribution in [0.25, 0.3) is 0 Å². The van der Waals surface area contributed by atoms with Crippen molar-refractivity contribution in [1.82, 2.24) is 0 Å². The smallest absolute Gasteiger partial charge is 0.414 e. The maximum Gasteiger partial charge on any atom is 0.414 e. The van der Waals surface area contributed by atoms with E-state index in [1.807, 2.05) is 84.9 Å². The van der Waals surface area contributed by atoms with E-state index in [2.05, 4.69) is 0 Å². The summed E-state index contributed by atoms with van der Waals surface area (Å²) < 4.78 is 17.0. The molecule has 1 amide bonds. The maximum absolute atomic E-state index is 12.1. The van der Waals surface area contributed by atoms with E-state index in [0.717, 1.165) is 11.4 Å². The minimum atomic E-state index is -0.351. The van der Waals surface area contributed by atoms with Gasteiger partial charge in [-0.3, -0.25) is 4.90 Å². The van der Waals surface area contributed by atoms with Crippen LogP contribution in [0, 0.1) is 0 Å². The molecule has 3 aromatic rings. The van der Waals surface area contributed by atoms with Gasteiger partial charge in [0, 0.05) is 11.8 Å². The lowest BCUT2D eigenvalue weighted by Gasteiger charge is -2.13. The first-order valence-electron chi connectivity index (χ1n) is 8.77. The summed E-state index contributed by atoms with van der Waals surface area (Å²) in [5.74, 6) is 2.11. The van der Waals surface area contributed by atoms with Crippen LogP contribution >= 0.6 is 0 Å². The van der Waals surface area contributed by atoms with E-state index in [4.69, 9.17) is 14.2 Å². The quantitative estimate of drug-likeness (QED) is 0.628. The number of ether oxygens (including phenoxy) is 3. The van der Waals surface area contributed by atoms with Crippen molar-refractivity contribution in [1.29, 1.82) is 0 Å². The Morgan fingerprint density at radius 3 is 2.30 bits per heavy atom. The number of benzene rings is 3. The molecular weight excluding hydrogens is 342 g/mol. The number of carbonyl (C=O) groups excluding carboxylic acids is 1. The second-order valence-corrected chi connectivity index (χ2v) is 6.15. The average molecular weight is 361 g/mol. The molecule has 1 fully saturated rings. The van der Waals surface area contributed by atoms with E-state index < -0.39 is 0 Å². The number of hydrogen-bond donors (Lipinski definition) is 0. The number of carbonyl (C=O) groups is 1. The molecule has 4 rings (SSSR count). The van der Waals surface area contributed by atoms with Crippen LogP contribution in [-0.4, -0.2) is 25.3 Å². The summed E-state index contributed by atoms with van der Waals surface area (Å²) in [7, 11) is 0. The summed E-state index contributed by atoms with van der Waals surface area (Å²) >= 11 is 0. The number of para-hydroxylation sites is 2. The number of cyclic esters (lactones) is 1. The molecule has 0 N–H and O–H groups in total. The van der Waals surface area contributed by atoms with Gasteiger partial charge in [0.05, 0.1) is 6.54 Å². The third-order valence-corrected chi connectivity index (χ3v) is 4.16. The Morgan fingerprint density at radius 2 is 1.52 bits per heavy atom. The molecule has 27 heavy (non-hydrogen) atoms. The Kier molecular flexibility index (Phi) is 4.92. The van der Waals surface area contributed by atoms with Crippen molar-refractivity contribution in [2.75, 3.05) is 18.1 Å². The summed E-state index contributed by atoms with van der Waals surface area (Å²) in [5.41, 5.74) is 0.822. The second kappa shape index (κ2) is 7.83. The highest BCUT2D eigenvalue weighted by Crippen LogP contribution is 2.26. The second-order valence-electron chi connectivity index (χ2n) is 6.15. The fourth-order valence-electron chi connectivity index (χ4n) is 2.87. The zero-order valence-electron chi connectivity index (χ0n) is 14.7. The van der Waals surface area contributed by atoms with Gasteiger partial charge in [0.15, 0.2) is 6.10 Å². The zero-order valence-corrected chi connectivity index (χ0v) is 14.7. The molecule has 1 saturated heterocycles. The minimum absolute atomic E-state index is 0.282. The van der Waals surface area contributed by atoms with Gasteiger partial charge in [-0.2, -0.15) is 0 Å².